The predicted octanol–water partition coefficient (Wildman–Crippen LogP) is 0.249. The molecule has 0 fully saturated rings. The first-order chi connectivity index (χ1) is 4.30. The lowest BCUT2D eigenvalue weighted by molar-refractivity contribution is -0.132. The average Bonchev–Trinajstić information content (AvgIpc) is 1.90. The molecular weight excluding hydrogens is 138 g/mol. The summed E-state index contributed by atoms with van der Waals surface area (Å²) >= 11 is 1.53. The SMILES string of the molecule is O=C(O)C1=CCSNC1. The van der Waals surface area contributed by atoms with Gasteiger partial charge in [0.2, 0.25) is 0 Å². The normalized spacial score (nSPS) is 18.9. The minimum absolute atomic E-state index is 0.466. The van der Waals surface area contributed by atoms with Gasteiger partial charge in [-0.25, -0.2) is 4.79 Å². The maximum Gasteiger partial charge on any atom is 0.332 e. The molecule has 4 heteroatoms. The fraction of sp³-hybridized carbons (Fsp3) is 0.400. The molecule has 3 nitrogen and oxygen atoms in total. The van der Waals surface area contributed by atoms with Crippen molar-refractivity contribution in [1.82, 2.24) is 4.72 Å². The summed E-state index contributed by atoms with van der Waals surface area (Å²) in [6.45, 7) is 0.472. The second kappa shape index (κ2) is 2.89. The van der Waals surface area contributed by atoms with Crippen LogP contribution in [0.3, 0.4) is 0 Å². The number of hydrogen-bond acceptors (Lipinski definition) is 3. The highest BCUT2D eigenvalue weighted by Gasteiger charge is 2.08. The van der Waals surface area contributed by atoms with E-state index in [1.807, 2.05) is 0 Å². The van der Waals surface area contributed by atoms with E-state index in [9.17, 15) is 4.79 Å². The molecule has 0 radical (unpaired) electrons. The number of hydrogen-bond donors (Lipinski definition) is 2. The number of rotatable bonds is 1. The molecule has 1 aliphatic rings. The van der Waals surface area contributed by atoms with E-state index in [4.69, 9.17) is 5.11 Å². The van der Waals surface area contributed by atoms with E-state index < -0.39 is 5.97 Å². The van der Waals surface area contributed by atoms with Gasteiger partial charge in [-0.3, -0.25) is 4.72 Å². The second-order valence-electron chi connectivity index (χ2n) is 1.67. The van der Waals surface area contributed by atoms with Gasteiger partial charge in [0.15, 0.2) is 0 Å². The van der Waals surface area contributed by atoms with Crippen LogP contribution < -0.4 is 4.72 Å². The van der Waals surface area contributed by atoms with Crippen LogP contribution in [0.5, 0.6) is 0 Å². The average molecular weight is 145 g/mol. The Bertz CT molecular complexity index is 155. The molecule has 0 unspecified atom stereocenters. The van der Waals surface area contributed by atoms with Crippen molar-refractivity contribution in [3.63, 3.8) is 0 Å². The fourth-order valence-corrected chi connectivity index (χ4v) is 1.22. The van der Waals surface area contributed by atoms with Crippen molar-refractivity contribution in [2.45, 2.75) is 0 Å². The van der Waals surface area contributed by atoms with Crippen LogP contribution in [0.15, 0.2) is 11.6 Å². The second-order valence-corrected chi connectivity index (χ2v) is 2.58. The molecule has 0 bridgehead atoms. The molecule has 9 heavy (non-hydrogen) atoms. The van der Waals surface area contributed by atoms with Gasteiger partial charge in [-0.1, -0.05) is 18.0 Å². The largest absolute Gasteiger partial charge is 0.478 e. The molecule has 1 aliphatic heterocycles. The molecular formula is C5H7NO2S. The quantitative estimate of drug-likeness (QED) is 0.519. The van der Waals surface area contributed by atoms with Gasteiger partial charge in [-0.15, -0.1) is 0 Å². The molecule has 0 amide bonds. The first-order valence-electron chi connectivity index (χ1n) is 2.57. The maximum absolute atomic E-state index is 10.2. The molecule has 1 rings (SSSR count). The molecule has 2 N–H and O–H groups in total. The zero-order chi connectivity index (χ0) is 6.69. The zero-order valence-corrected chi connectivity index (χ0v) is 5.57. The Morgan fingerprint density at radius 2 is 2.67 bits per heavy atom. The van der Waals surface area contributed by atoms with Crippen molar-refractivity contribution in [1.29, 1.82) is 0 Å². The minimum Gasteiger partial charge on any atom is -0.478 e. The summed E-state index contributed by atoms with van der Waals surface area (Å²) in [4.78, 5) is 10.2. The summed E-state index contributed by atoms with van der Waals surface area (Å²) in [7, 11) is 0. The van der Waals surface area contributed by atoms with E-state index in [0.29, 0.717) is 12.1 Å². The summed E-state index contributed by atoms with van der Waals surface area (Å²) in [6.07, 6.45) is 1.73. The van der Waals surface area contributed by atoms with Gasteiger partial charge in [-0.2, -0.15) is 0 Å². The first kappa shape index (κ1) is 6.64. The molecule has 1 heterocycles. The Labute approximate surface area is 57.3 Å². The van der Waals surface area contributed by atoms with E-state index in [1.165, 1.54) is 11.9 Å². The molecule has 0 aromatic carbocycles. The number of aliphatic carboxylic acids is 1. The first-order valence-corrected chi connectivity index (χ1v) is 3.56. The van der Waals surface area contributed by atoms with Crippen molar-refractivity contribution in [2.75, 3.05) is 12.3 Å². The van der Waals surface area contributed by atoms with Crippen LogP contribution in [-0.2, 0) is 4.79 Å². The topological polar surface area (TPSA) is 49.3 Å². The van der Waals surface area contributed by atoms with Crippen LogP contribution in [0, 0.1) is 0 Å². The summed E-state index contributed by atoms with van der Waals surface area (Å²) in [5, 5.41) is 8.42. The predicted molar refractivity (Wildman–Crippen MR) is 36.2 cm³/mol. The van der Waals surface area contributed by atoms with Crippen molar-refractivity contribution in [3.8, 4) is 0 Å². The molecule has 0 aliphatic carbocycles. The Kier molecular flexibility index (Phi) is 2.13. The standard InChI is InChI=1S/C5H7NO2S/c7-5(8)4-1-2-9-6-3-4/h1,6H,2-3H2,(H,7,8). The van der Waals surface area contributed by atoms with Crippen LogP contribution in [0.1, 0.15) is 0 Å². The highest BCUT2D eigenvalue weighted by molar-refractivity contribution is 7.97. The van der Waals surface area contributed by atoms with Gasteiger partial charge >= 0.3 is 5.97 Å². The van der Waals surface area contributed by atoms with E-state index in [2.05, 4.69) is 4.72 Å². The Morgan fingerprint density at radius 3 is 3.00 bits per heavy atom. The lowest BCUT2D eigenvalue weighted by atomic mass is 10.2. The number of carbonyl (C=O) groups is 1. The van der Waals surface area contributed by atoms with Gasteiger partial charge < -0.3 is 5.11 Å². The van der Waals surface area contributed by atoms with Gasteiger partial charge in [-0.05, 0) is 0 Å². The van der Waals surface area contributed by atoms with Gasteiger partial charge in [0.1, 0.15) is 0 Å². The Morgan fingerprint density at radius 1 is 1.89 bits per heavy atom. The molecule has 0 spiro atoms. The van der Waals surface area contributed by atoms with Gasteiger partial charge in [0, 0.05) is 17.9 Å². The third-order valence-electron chi connectivity index (χ3n) is 1.05. The van der Waals surface area contributed by atoms with Crippen LogP contribution in [0.25, 0.3) is 0 Å². The van der Waals surface area contributed by atoms with Crippen molar-refractivity contribution in [2.24, 2.45) is 0 Å². The lowest BCUT2D eigenvalue weighted by Crippen LogP contribution is -2.19. The van der Waals surface area contributed by atoms with E-state index in [-0.39, 0.29) is 0 Å². The van der Waals surface area contributed by atoms with Crippen LogP contribution in [0.4, 0.5) is 0 Å². The van der Waals surface area contributed by atoms with E-state index in [1.54, 1.807) is 6.08 Å². The summed E-state index contributed by atoms with van der Waals surface area (Å²) in [5.41, 5.74) is 0.466. The smallest absolute Gasteiger partial charge is 0.332 e. The molecule has 0 saturated heterocycles. The van der Waals surface area contributed by atoms with Gasteiger partial charge in [0.25, 0.3) is 0 Å². The summed E-state index contributed by atoms with van der Waals surface area (Å²) < 4.78 is 2.88. The van der Waals surface area contributed by atoms with Crippen molar-refractivity contribution in [3.05, 3.63) is 11.6 Å². The fourth-order valence-electron chi connectivity index (χ4n) is 0.565. The number of carboxylic acids is 1. The Hall–Kier alpha value is -0.480. The molecule has 0 aromatic heterocycles. The van der Waals surface area contributed by atoms with Crippen LogP contribution in [0.2, 0.25) is 0 Å². The number of nitrogens with one attached hydrogen (secondary N) is 1. The van der Waals surface area contributed by atoms with Crippen LogP contribution in [-0.4, -0.2) is 23.4 Å². The molecule has 0 atom stereocenters. The highest BCUT2D eigenvalue weighted by atomic mass is 32.2. The third-order valence-corrected chi connectivity index (χ3v) is 1.73. The monoisotopic (exact) mass is 145 g/mol. The minimum atomic E-state index is -0.817. The molecule has 0 aromatic rings. The van der Waals surface area contributed by atoms with E-state index >= 15 is 0 Å². The maximum atomic E-state index is 10.2. The lowest BCUT2D eigenvalue weighted by Gasteiger charge is -2.08. The van der Waals surface area contributed by atoms with Crippen LogP contribution >= 0.6 is 11.9 Å². The van der Waals surface area contributed by atoms with Crippen molar-refractivity contribution < 1.29 is 9.90 Å². The summed E-state index contributed by atoms with van der Waals surface area (Å²) in [5.74, 6) is -0.0652. The van der Waals surface area contributed by atoms with Crippen molar-refractivity contribution >= 4 is 17.9 Å². The number of carboxylic acid groups (broad SMARTS) is 1. The molecule has 50 valence electrons. The highest BCUT2D eigenvalue weighted by Crippen LogP contribution is 2.05. The van der Waals surface area contributed by atoms with Gasteiger partial charge in [0.05, 0.1) is 0 Å². The van der Waals surface area contributed by atoms with E-state index in [0.717, 1.165) is 5.75 Å². The molecule has 0 saturated carbocycles. The zero-order valence-electron chi connectivity index (χ0n) is 4.76. The third kappa shape index (κ3) is 1.73. The summed E-state index contributed by atoms with van der Waals surface area (Å²) in [6, 6.07) is 0. The Balaban J connectivity index is 2.57.